The Morgan fingerprint density at radius 1 is 1.11 bits per heavy atom. The van der Waals surface area contributed by atoms with Crippen LogP contribution in [0.15, 0.2) is 60.0 Å². The number of para-hydroxylation sites is 1. The van der Waals surface area contributed by atoms with E-state index in [1.165, 1.54) is 11.8 Å². The first-order valence-corrected chi connectivity index (χ1v) is 10.0. The molecule has 2 heterocycles. The van der Waals surface area contributed by atoms with Crippen molar-refractivity contribution >= 4 is 17.7 Å². The standard InChI is InChI=1S/C20H20N4O3S/c25-19(13-28-20-23-22-14-24(20)16-4-2-1-3-5-16)21-9-8-15-6-7-17-18(12-15)27-11-10-26-17/h1-7,12,14H,8-11,13H2,(H,21,25). The summed E-state index contributed by atoms with van der Waals surface area (Å²) in [5, 5.41) is 11.7. The van der Waals surface area contributed by atoms with Crippen molar-refractivity contribution in [3.63, 3.8) is 0 Å². The van der Waals surface area contributed by atoms with Crippen molar-refractivity contribution in [2.24, 2.45) is 0 Å². The SMILES string of the molecule is O=C(CSc1nncn1-c1ccccc1)NCCc1ccc2c(c1)OCCO2. The summed E-state index contributed by atoms with van der Waals surface area (Å²) in [6.45, 7) is 1.71. The predicted molar refractivity (Wildman–Crippen MR) is 106 cm³/mol. The van der Waals surface area contributed by atoms with Crippen molar-refractivity contribution in [1.82, 2.24) is 20.1 Å². The summed E-state index contributed by atoms with van der Waals surface area (Å²) < 4.78 is 13.0. The van der Waals surface area contributed by atoms with Crippen LogP contribution in [0.3, 0.4) is 0 Å². The Morgan fingerprint density at radius 2 is 1.93 bits per heavy atom. The van der Waals surface area contributed by atoms with Gasteiger partial charge in [-0.25, -0.2) is 0 Å². The lowest BCUT2D eigenvalue weighted by molar-refractivity contribution is -0.118. The summed E-state index contributed by atoms with van der Waals surface area (Å²) in [6, 6.07) is 15.7. The van der Waals surface area contributed by atoms with Crippen LogP contribution in [0.4, 0.5) is 0 Å². The quantitative estimate of drug-likeness (QED) is 0.618. The van der Waals surface area contributed by atoms with Gasteiger partial charge < -0.3 is 14.8 Å². The molecule has 0 bridgehead atoms. The molecular formula is C20H20N4O3S. The first-order chi connectivity index (χ1) is 13.8. The molecule has 0 spiro atoms. The van der Waals surface area contributed by atoms with E-state index < -0.39 is 0 Å². The van der Waals surface area contributed by atoms with Gasteiger partial charge in [0.2, 0.25) is 5.91 Å². The van der Waals surface area contributed by atoms with Crippen LogP contribution in [-0.2, 0) is 11.2 Å². The molecule has 0 aliphatic carbocycles. The molecule has 1 amide bonds. The second-order valence-corrected chi connectivity index (χ2v) is 7.13. The van der Waals surface area contributed by atoms with Gasteiger partial charge in [0.15, 0.2) is 16.7 Å². The molecule has 1 aromatic heterocycles. The Kier molecular flexibility index (Phi) is 5.77. The van der Waals surface area contributed by atoms with Crippen molar-refractivity contribution < 1.29 is 14.3 Å². The molecule has 0 atom stereocenters. The molecule has 3 aromatic rings. The molecule has 1 aliphatic heterocycles. The van der Waals surface area contributed by atoms with Gasteiger partial charge in [-0.2, -0.15) is 0 Å². The van der Waals surface area contributed by atoms with Crippen LogP contribution in [0.25, 0.3) is 5.69 Å². The number of benzene rings is 2. The van der Waals surface area contributed by atoms with Gasteiger partial charge in [0.25, 0.3) is 0 Å². The second kappa shape index (κ2) is 8.79. The number of nitrogens with one attached hydrogen (secondary N) is 1. The van der Waals surface area contributed by atoms with Crippen LogP contribution in [0.1, 0.15) is 5.56 Å². The number of carbonyl (C=O) groups is 1. The largest absolute Gasteiger partial charge is 0.486 e. The number of carbonyl (C=O) groups excluding carboxylic acids is 1. The molecule has 1 N–H and O–H groups in total. The minimum absolute atomic E-state index is 0.0369. The number of fused-ring (bicyclic) bond motifs is 1. The van der Waals surface area contributed by atoms with Crippen molar-refractivity contribution in [3.05, 3.63) is 60.4 Å². The van der Waals surface area contributed by atoms with Crippen LogP contribution in [0.2, 0.25) is 0 Å². The summed E-state index contributed by atoms with van der Waals surface area (Å²) in [4.78, 5) is 12.2. The molecule has 4 rings (SSSR count). The van der Waals surface area contributed by atoms with Crippen molar-refractivity contribution in [3.8, 4) is 17.2 Å². The van der Waals surface area contributed by atoms with Crippen LogP contribution in [-0.4, -0.2) is 46.2 Å². The summed E-state index contributed by atoms with van der Waals surface area (Å²) in [5.41, 5.74) is 2.06. The zero-order valence-electron chi connectivity index (χ0n) is 15.2. The van der Waals surface area contributed by atoms with Gasteiger partial charge in [-0.3, -0.25) is 9.36 Å². The number of thioether (sulfide) groups is 1. The fourth-order valence-corrected chi connectivity index (χ4v) is 3.62. The van der Waals surface area contributed by atoms with Crippen molar-refractivity contribution in [1.29, 1.82) is 0 Å². The Morgan fingerprint density at radius 3 is 2.79 bits per heavy atom. The summed E-state index contributed by atoms with van der Waals surface area (Å²) in [5.74, 6) is 1.79. The molecule has 0 saturated carbocycles. The predicted octanol–water partition coefficient (Wildman–Crippen LogP) is 2.49. The maximum absolute atomic E-state index is 12.2. The number of amides is 1. The number of nitrogens with zero attached hydrogens (tertiary/aromatic N) is 3. The maximum Gasteiger partial charge on any atom is 0.230 e. The highest BCUT2D eigenvalue weighted by molar-refractivity contribution is 7.99. The molecule has 144 valence electrons. The third-order valence-electron chi connectivity index (χ3n) is 4.23. The fourth-order valence-electron chi connectivity index (χ4n) is 2.86. The van der Waals surface area contributed by atoms with E-state index in [0.29, 0.717) is 24.9 Å². The Balaban J connectivity index is 1.25. The lowest BCUT2D eigenvalue weighted by Crippen LogP contribution is -2.27. The normalized spacial score (nSPS) is 12.6. The first kappa shape index (κ1) is 18.4. The second-order valence-electron chi connectivity index (χ2n) is 6.19. The summed E-state index contributed by atoms with van der Waals surface area (Å²) in [6.07, 6.45) is 2.38. The zero-order chi connectivity index (χ0) is 19.2. The smallest absolute Gasteiger partial charge is 0.230 e. The van der Waals surface area contributed by atoms with Gasteiger partial charge in [0.1, 0.15) is 19.5 Å². The van der Waals surface area contributed by atoms with Gasteiger partial charge in [-0.1, -0.05) is 36.0 Å². The van der Waals surface area contributed by atoms with E-state index in [1.54, 1.807) is 6.33 Å². The molecule has 0 saturated heterocycles. The average Bonchev–Trinajstić information content (AvgIpc) is 3.21. The lowest BCUT2D eigenvalue weighted by atomic mass is 10.1. The molecule has 0 fully saturated rings. The minimum Gasteiger partial charge on any atom is -0.486 e. The van der Waals surface area contributed by atoms with Crippen LogP contribution in [0, 0.1) is 0 Å². The summed E-state index contributed by atoms with van der Waals surface area (Å²) in [7, 11) is 0. The number of hydrogen-bond acceptors (Lipinski definition) is 6. The first-order valence-electron chi connectivity index (χ1n) is 9.03. The molecule has 8 heteroatoms. The van der Waals surface area contributed by atoms with Crippen molar-refractivity contribution in [2.75, 3.05) is 25.5 Å². The van der Waals surface area contributed by atoms with E-state index in [-0.39, 0.29) is 11.7 Å². The number of ether oxygens (including phenoxy) is 2. The van der Waals surface area contributed by atoms with Gasteiger partial charge >= 0.3 is 0 Å². The minimum atomic E-state index is -0.0369. The van der Waals surface area contributed by atoms with Crippen LogP contribution >= 0.6 is 11.8 Å². The maximum atomic E-state index is 12.2. The molecule has 1 aliphatic rings. The van der Waals surface area contributed by atoms with Gasteiger partial charge in [-0.05, 0) is 36.2 Å². The van der Waals surface area contributed by atoms with Crippen molar-refractivity contribution in [2.45, 2.75) is 11.6 Å². The van der Waals surface area contributed by atoms with Gasteiger partial charge in [0.05, 0.1) is 5.75 Å². The molecule has 7 nitrogen and oxygen atoms in total. The van der Waals surface area contributed by atoms with E-state index in [9.17, 15) is 4.79 Å². The van der Waals surface area contributed by atoms with Crippen LogP contribution < -0.4 is 14.8 Å². The average molecular weight is 396 g/mol. The third kappa shape index (κ3) is 4.45. The van der Waals surface area contributed by atoms with E-state index in [2.05, 4.69) is 15.5 Å². The van der Waals surface area contributed by atoms with E-state index >= 15 is 0 Å². The molecule has 28 heavy (non-hydrogen) atoms. The molecular weight excluding hydrogens is 376 g/mol. The Labute approximate surface area is 167 Å². The van der Waals surface area contributed by atoms with E-state index in [0.717, 1.165) is 29.2 Å². The Bertz CT molecular complexity index is 946. The number of aromatic nitrogens is 3. The van der Waals surface area contributed by atoms with Gasteiger partial charge in [-0.15, -0.1) is 10.2 Å². The highest BCUT2D eigenvalue weighted by atomic mass is 32.2. The third-order valence-corrected chi connectivity index (χ3v) is 5.17. The molecule has 2 aromatic carbocycles. The topological polar surface area (TPSA) is 78.3 Å². The number of hydrogen-bond donors (Lipinski definition) is 1. The van der Waals surface area contributed by atoms with E-state index in [4.69, 9.17) is 9.47 Å². The van der Waals surface area contributed by atoms with Crippen LogP contribution in [0.5, 0.6) is 11.5 Å². The summed E-state index contributed by atoms with van der Waals surface area (Å²) >= 11 is 1.36. The Hall–Kier alpha value is -3.00. The van der Waals surface area contributed by atoms with Gasteiger partial charge in [0, 0.05) is 12.2 Å². The highest BCUT2D eigenvalue weighted by Crippen LogP contribution is 2.30. The molecule has 0 radical (unpaired) electrons. The monoisotopic (exact) mass is 396 g/mol. The molecule has 0 unspecified atom stereocenters. The van der Waals surface area contributed by atoms with E-state index in [1.807, 2.05) is 53.1 Å². The zero-order valence-corrected chi connectivity index (χ0v) is 16.0. The lowest BCUT2D eigenvalue weighted by Gasteiger charge is -2.18. The number of rotatable bonds is 7. The highest BCUT2D eigenvalue weighted by Gasteiger charge is 2.12. The fraction of sp³-hybridized carbons (Fsp3) is 0.250.